The summed E-state index contributed by atoms with van der Waals surface area (Å²) in [6.07, 6.45) is 2.67. The summed E-state index contributed by atoms with van der Waals surface area (Å²) in [5, 5.41) is 12.5. The molecule has 0 aliphatic carbocycles. The summed E-state index contributed by atoms with van der Waals surface area (Å²) >= 11 is 6.05. The van der Waals surface area contributed by atoms with Crippen LogP contribution in [0.25, 0.3) is 0 Å². The maximum absolute atomic E-state index is 12.8. The number of aliphatic carboxylic acids is 1. The molecule has 0 radical (unpaired) electrons. The summed E-state index contributed by atoms with van der Waals surface area (Å²) in [5.74, 6) is -0.563. The molecule has 1 aromatic carbocycles. The number of rotatable bonds is 6. The molecular formula is C17H23ClN2O3. The monoisotopic (exact) mass is 338 g/mol. The number of nitrogens with one attached hydrogen (secondary N) is 1. The molecule has 1 unspecified atom stereocenters. The molecule has 1 aliphatic rings. The first-order chi connectivity index (χ1) is 11.0. The van der Waals surface area contributed by atoms with Crippen LogP contribution in [0.2, 0.25) is 5.02 Å². The zero-order valence-electron chi connectivity index (χ0n) is 13.3. The van der Waals surface area contributed by atoms with E-state index in [0.717, 1.165) is 25.1 Å². The zero-order chi connectivity index (χ0) is 16.8. The summed E-state index contributed by atoms with van der Waals surface area (Å²) in [6, 6.07) is 5.29. The van der Waals surface area contributed by atoms with E-state index >= 15 is 0 Å². The van der Waals surface area contributed by atoms with Crippen LogP contribution in [-0.4, -0.2) is 41.5 Å². The van der Waals surface area contributed by atoms with Gasteiger partial charge in [0.2, 0.25) is 0 Å². The number of carboxylic acids is 1. The van der Waals surface area contributed by atoms with Gasteiger partial charge in [-0.2, -0.15) is 0 Å². The van der Waals surface area contributed by atoms with Gasteiger partial charge in [-0.05, 0) is 50.3 Å². The van der Waals surface area contributed by atoms with E-state index in [0.29, 0.717) is 30.1 Å². The summed E-state index contributed by atoms with van der Waals surface area (Å²) in [6.45, 7) is 4.03. The SMILES string of the molecule is CCNc1ccc(Cl)cc1C(=O)N1CCCC(CCC(=O)O)C1. The van der Waals surface area contributed by atoms with Crippen LogP contribution in [0.1, 0.15) is 43.0 Å². The fourth-order valence-corrected chi connectivity index (χ4v) is 3.19. The highest BCUT2D eigenvalue weighted by Crippen LogP contribution is 2.26. The van der Waals surface area contributed by atoms with Crippen LogP contribution in [-0.2, 0) is 4.79 Å². The fraction of sp³-hybridized carbons (Fsp3) is 0.529. The summed E-state index contributed by atoms with van der Waals surface area (Å²) < 4.78 is 0. The third-order valence-corrected chi connectivity index (χ3v) is 4.39. The van der Waals surface area contributed by atoms with E-state index in [4.69, 9.17) is 16.7 Å². The molecule has 2 rings (SSSR count). The lowest BCUT2D eigenvalue weighted by molar-refractivity contribution is -0.137. The predicted molar refractivity (Wildman–Crippen MR) is 91.1 cm³/mol. The first-order valence-corrected chi connectivity index (χ1v) is 8.43. The van der Waals surface area contributed by atoms with Gasteiger partial charge < -0.3 is 15.3 Å². The van der Waals surface area contributed by atoms with Crippen molar-refractivity contribution in [1.82, 2.24) is 4.90 Å². The molecule has 5 nitrogen and oxygen atoms in total. The highest BCUT2D eigenvalue weighted by molar-refractivity contribution is 6.31. The van der Waals surface area contributed by atoms with Crippen LogP contribution in [0.4, 0.5) is 5.69 Å². The number of nitrogens with zero attached hydrogens (tertiary/aromatic N) is 1. The Morgan fingerprint density at radius 3 is 2.91 bits per heavy atom. The Balaban J connectivity index is 2.10. The van der Waals surface area contributed by atoms with Gasteiger partial charge in [-0.25, -0.2) is 0 Å². The quantitative estimate of drug-likeness (QED) is 0.833. The normalized spacial score (nSPS) is 17.8. The highest BCUT2D eigenvalue weighted by atomic mass is 35.5. The number of halogens is 1. The minimum atomic E-state index is -0.780. The molecule has 1 atom stereocenters. The molecule has 0 aromatic heterocycles. The molecule has 1 fully saturated rings. The van der Waals surface area contributed by atoms with E-state index in [1.54, 1.807) is 12.1 Å². The number of carboxylic acid groups (broad SMARTS) is 1. The number of hydrogen-bond donors (Lipinski definition) is 2. The van der Waals surface area contributed by atoms with Crippen LogP contribution >= 0.6 is 11.6 Å². The number of piperidine rings is 1. The second-order valence-corrected chi connectivity index (χ2v) is 6.35. The number of hydrogen-bond acceptors (Lipinski definition) is 3. The molecule has 0 bridgehead atoms. The minimum Gasteiger partial charge on any atom is -0.481 e. The fourth-order valence-electron chi connectivity index (χ4n) is 3.02. The van der Waals surface area contributed by atoms with Gasteiger partial charge >= 0.3 is 5.97 Å². The molecule has 1 amide bonds. The first-order valence-electron chi connectivity index (χ1n) is 8.05. The highest BCUT2D eigenvalue weighted by Gasteiger charge is 2.26. The van der Waals surface area contributed by atoms with E-state index in [1.807, 2.05) is 17.9 Å². The van der Waals surface area contributed by atoms with E-state index in [9.17, 15) is 9.59 Å². The molecule has 126 valence electrons. The van der Waals surface area contributed by atoms with Crippen molar-refractivity contribution in [3.05, 3.63) is 28.8 Å². The van der Waals surface area contributed by atoms with E-state index in [2.05, 4.69) is 5.32 Å². The van der Waals surface area contributed by atoms with Gasteiger partial charge in [0.15, 0.2) is 0 Å². The van der Waals surface area contributed by atoms with Gasteiger partial charge in [0, 0.05) is 36.8 Å². The van der Waals surface area contributed by atoms with Crippen molar-refractivity contribution in [3.63, 3.8) is 0 Å². The third kappa shape index (κ3) is 4.86. The Kier molecular flexibility index (Phi) is 6.28. The molecule has 1 aliphatic heterocycles. The van der Waals surface area contributed by atoms with Crippen molar-refractivity contribution < 1.29 is 14.7 Å². The first kappa shape index (κ1) is 17.6. The lowest BCUT2D eigenvalue weighted by Gasteiger charge is -2.33. The Bertz CT molecular complexity index is 577. The Morgan fingerprint density at radius 2 is 2.22 bits per heavy atom. The molecule has 1 heterocycles. The van der Waals surface area contributed by atoms with E-state index < -0.39 is 5.97 Å². The number of amides is 1. The molecule has 0 saturated carbocycles. The van der Waals surface area contributed by atoms with Gasteiger partial charge in [-0.15, -0.1) is 0 Å². The Morgan fingerprint density at radius 1 is 1.43 bits per heavy atom. The lowest BCUT2D eigenvalue weighted by atomic mass is 9.93. The lowest BCUT2D eigenvalue weighted by Crippen LogP contribution is -2.40. The Labute approximate surface area is 141 Å². The maximum atomic E-state index is 12.8. The number of likely N-dealkylation sites (tertiary alicyclic amines) is 1. The maximum Gasteiger partial charge on any atom is 0.303 e. The minimum absolute atomic E-state index is 0.0384. The van der Waals surface area contributed by atoms with Crippen LogP contribution in [0, 0.1) is 5.92 Å². The average molecular weight is 339 g/mol. The van der Waals surface area contributed by atoms with Crippen molar-refractivity contribution in [2.75, 3.05) is 25.0 Å². The van der Waals surface area contributed by atoms with Crippen molar-refractivity contribution >= 4 is 29.2 Å². The summed E-state index contributed by atoms with van der Waals surface area (Å²) in [4.78, 5) is 25.4. The Hall–Kier alpha value is -1.75. The van der Waals surface area contributed by atoms with Crippen molar-refractivity contribution in [1.29, 1.82) is 0 Å². The van der Waals surface area contributed by atoms with Crippen molar-refractivity contribution in [3.8, 4) is 0 Å². The summed E-state index contributed by atoms with van der Waals surface area (Å²) in [7, 11) is 0. The van der Waals surface area contributed by atoms with Gasteiger partial charge in [-0.3, -0.25) is 9.59 Å². The van der Waals surface area contributed by atoms with E-state index in [-0.39, 0.29) is 18.2 Å². The smallest absolute Gasteiger partial charge is 0.303 e. The standard InChI is InChI=1S/C17H23ClN2O3/c1-2-19-15-7-6-13(18)10-14(15)17(23)20-9-3-4-12(11-20)5-8-16(21)22/h6-7,10,12,19H,2-5,8-9,11H2,1H3,(H,21,22). The number of benzene rings is 1. The molecule has 1 saturated heterocycles. The van der Waals surface area contributed by atoms with Crippen LogP contribution in [0.3, 0.4) is 0 Å². The van der Waals surface area contributed by atoms with Gasteiger partial charge in [0.25, 0.3) is 5.91 Å². The summed E-state index contributed by atoms with van der Waals surface area (Å²) in [5.41, 5.74) is 1.37. The third-order valence-electron chi connectivity index (χ3n) is 4.15. The van der Waals surface area contributed by atoms with Crippen LogP contribution in [0.5, 0.6) is 0 Å². The second-order valence-electron chi connectivity index (χ2n) is 5.91. The van der Waals surface area contributed by atoms with E-state index in [1.165, 1.54) is 0 Å². The number of anilines is 1. The van der Waals surface area contributed by atoms with Crippen LogP contribution < -0.4 is 5.32 Å². The molecule has 1 aromatic rings. The molecule has 23 heavy (non-hydrogen) atoms. The molecule has 6 heteroatoms. The largest absolute Gasteiger partial charge is 0.481 e. The molecular weight excluding hydrogens is 316 g/mol. The predicted octanol–water partition coefficient (Wildman–Crippen LogP) is 3.49. The van der Waals surface area contributed by atoms with Crippen LogP contribution in [0.15, 0.2) is 18.2 Å². The van der Waals surface area contributed by atoms with Crippen molar-refractivity contribution in [2.45, 2.75) is 32.6 Å². The van der Waals surface area contributed by atoms with Gasteiger partial charge in [-0.1, -0.05) is 11.6 Å². The van der Waals surface area contributed by atoms with Gasteiger partial charge in [0.05, 0.1) is 5.56 Å². The van der Waals surface area contributed by atoms with Gasteiger partial charge in [0.1, 0.15) is 0 Å². The second kappa shape index (κ2) is 8.20. The average Bonchev–Trinajstić information content (AvgIpc) is 2.54. The zero-order valence-corrected chi connectivity index (χ0v) is 14.1. The molecule has 0 spiro atoms. The topological polar surface area (TPSA) is 69.6 Å². The number of carbonyl (C=O) groups excluding carboxylic acids is 1. The number of carbonyl (C=O) groups is 2. The molecule has 2 N–H and O–H groups in total. The van der Waals surface area contributed by atoms with Crippen molar-refractivity contribution in [2.24, 2.45) is 5.92 Å².